The summed E-state index contributed by atoms with van der Waals surface area (Å²) < 4.78 is 26.1. The van der Waals surface area contributed by atoms with Crippen LogP contribution < -0.4 is 5.73 Å². The van der Waals surface area contributed by atoms with Gasteiger partial charge in [0.05, 0.1) is 16.6 Å². The lowest BCUT2D eigenvalue weighted by Gasteiger charge is -2.06. The number of hydrogen-bond acceptors (Lipinski definition) is 2. The quantitative estimate of drug-likeness (QED) is 0.863. The molecular weight excluding hydrogens is 329 g/mol. The van der Waals surface area contributed by atoms with E-state index in [1.54, 1.807) is 24.3 Å². The van der Waals surface area contributed by atoms with Crippen LogP contribution in [0.15, 0.2) is 45.8 Å². The molecule has 0 amide bonds. The zero-order valence-electron chi connectivity index (χ0n) is 10.3. The molecule has 0 aromatic heterocycles. The first kappa shape index (κ1) is 14.2. The molecule has 0 aliphatic rings. The predicted octanol–water partition coefficient (Wildman–Crippen LogP) is 3.79. The Kier molecular flexibility index (Phi) is 4.37. The minimum Gasteiger partial charge on any atom is -0.399 e. The van der Waals surface area contributed by atoms with Gasteiger partial charge in [-0.25, -0.2) is 4.39 Å². The van der Waals surface area contributed by atoms with Crippen molar-refractivity contribution < 1.29 is 8.60 Å². The van der Waals surface area contributed by atoms with E-state index in [0.29, 0.717) is 20.6 Å². The van der Waals surface area contributed by atoms with Gasteiger partial charge in [-0.1, -0.05) is 15.9 Å². The fourth-order valence-corrected chi connectivity index (χ4v) is 3.40. The lowest BCUT2D eigenvalue weighted by Crippen LogP contribution is -1.99. The molecule has 0 saturated carbocycles. The Bertz CT molecular complexity index is 625. The Morgan fingerprint density at radius 2 is 2.00 bits per heavy atom. The third-order valence-electron chi connectivity index (χ3n) is 2.72. The fourth-order valence-electron chi connectivity index (χ4n) is 1.72. The third kappa shape index (κ3) is 3.64. The first-order chi connectivity index (χ1) is 8.95. The number of aryl methyl sites for hydroxylation is 1. The lowest BCUT2D eigenvalue weighted by molar-refractivity contribution is 0.625. The lowest BCUT2D eigenvalue weighted by atomic mass is 10.2. The molecule has 2 aromatic carbocycles. The van der Waals surface area contributed by atoms with Gasteiger partial charge in [-0.3, -0.25) is 4.21 Å². The van der Waals surface area contributed by atoms with E-state index in [2.05, 4.69) is 15.9 Å². The molecule has 0 spiro atoms. The largest absolute Gasteiger partial charge is 0.399 e. The van der Waals surface area contributed by atoms with Crippen LogP contribution in [0.3, 0.4) is 0 Å². The number of halogens is 2. The van der Waals surface area contributed by atoms with Crippen molar-refractivity contribution in [2.75, 3.05) is 5.73 Å². The summed E-state index contributed by atoms with van der Waals surface area (Å²) in [5.41, 5.74) is 7.99. The highest BCUT2D eigenvalue weighted by molar-refractivity contribution is 9.10. The van der Waals surface area contributed by atoms with Crippen LogP contribution in [0.25, 0.3) is 0 Å². The van der Waals surface area contributed by atoms with Crippen LogP contribution in [0.4, 0.5) is 10.1 Å². The van der Waals surface area contributed by atoms with Crippen LogP contribution in [0.5, 0.6) is 0 Å². The number of nitrogen functional groups attached to an aromatic ring is 1. The van der Waals surface area contributed by atoms with Gasteiger partial charge in [-0.15, -0.1) is 0 Å². The molecule has 2 aromatic rings. The highest BCUT2D eigenvalue weighted by Gasteiger charge is 2.08. The molecule has 5 heteroatoms. The Morgan fingerprint density at radius 1 is 1.26 bits per heavy atom. The molecule has 0 fully saturated rings. The van der Waals surface area contributed by atoms with Crippen molar-refractivity contribution in [3.63, 3.8) is 0 Å². The smallest absolute Gasteiger partial charge is 0.124 e. The van der Waals surface area contributed by atoms with Crippen LogP contribution in [-0.2, 0) is 16.6 Å². The summed E-state index contributed by atoms with van der Waals surface area (Å²) in [6.45, 7) is 1.87. The number of nitrogens with two attached hydrogens (primary N) is 1. The zero-order valence-corrected chi connectivity index (χ0v) is 12.7. The summed E-state index contributed by atoms with van der Waals surface area (Å²) in [7, 11) is -1.21. The maximum Gasteiger partial charge on any atom is 0.124 e. The number of benzene rings is 2. The van der Waals surface area contributed by atoms with Gasteiger partial charge in [0.2, 0.25) is 0 Å². The third-order valence-corrected chi connectivity index (χ3v) is 4.56. The Morgan fingerprint density at radius 3 is 2.63 bits per heavy atom. The van der Waals surface area contributed by atoms with E-state index in [4.69, 9.17) is 5.73 Å². The molecular formula is C14H13BrFNOS. The highest BCUT2D eigenvalue weighted by Crippen LogP contribution is 2.20. The van der Waals surface area contributed by atoms with Gasteiger partial charge in [0.1, 0.15) is 5.82 Å². The van der Waals surface area contributed by atoms with E-state index >= 15 is 0 Å². The van der Waals surface area contributed by atoms with Crippen molar-refractivity contribution in [2.45, 2.75) is 17.6 Å². The Labute approximate surface area is 122 Å². The van der Waals surface area contributed by atoms with Crippen molar-refractivity contribution >= 4 is 32.4 Å². The minimum absolute atomic E-state index is 0.277. The SMILES string of the molecule is Cc1cc(S(=O)Cc2cc(F)cc(Br)c2)ccc1N. The summed E-state index contributed by atoms with van der Waals surface area (Å²) in [5.74, 6) is -0.0606. The second-order valence-corrected chi connectivity index (χ2v) is 6.65. The van der Waals surface area contributed by atoms with Crippen LogP contribution in [-0.4, -0.2) is 4.21 Å². The van der Waals surface area contributed by atoms with Gasteiger partial charge >= 0.3 is 0 Å². The topological polar surface area (TPSA) is 43.1 Å². The molecule has 100 valence electrons. The molecule has 1 atom stereocenters. The molecule has 0 heterocycles. The predicted molar refractivity (Wildman–Crippen MR) is 79.8 cm³/mol. The van der Waals surface area contributed by atoms with E-state index in [1.165, 1.54) is 12.1 Å². The molecule has 0 bridgehead atoms. The molecule has 2 nitrogen and oxygen atoms in total. The second-order valence-electron chi connectivity index (χ2n) is 4.29. The number of hydrogen-bond donors (Lipinski definition) is 1. The van der Waals surface area contributed by atoms with Crippen molar-refractivity contribution in [3.05, 3.63) is 57.8 Å². The van der Waals surface area contributed by atoms with Gasteiger partial charge in [-0.2, -0.15) is 0 Å². The van der Waals surface area contributed by atoms with Crippen LogP contribution in [0.2, 0.25) is 0 Å². The van der Waals surface area contributed by atoms with Crippen LogP contribution in [0, 0.1) is 12.7 Å². The fraction of sp³-hybridized carbons (Fsp3) is 0.143. The summed E-state index contributed by atoms with van der Waals surface area (Å²) in [4.78, 5) is 0.701. The van der Waals surface area contributed by atoms with Gasteiger partial charge in [-0.05, 0) is 54.4 Å². The highest BCUT2D eigenvalue weighted by atomic mass is 79.9. The van der Waals surface area contributed by atoms with Crippen molar-refractivity contribution in [1.29, 1.82) is 0 Å². The van der Waals surface area contributed by atoms with Gasteiger partial charge < -0.3 is 5.73 Å². The normalized spacial score (nSPS) is 12.4. The van der Waals surface area contributed by atoms with E-state index in [1.807, 2.05) is 6.92 Å². The molecule has 0 aliphatic carbocycles. The molecule has 0 saturated heterocycles. The number of anilines is 1. The van der Waals surface area contributed by atoms with Crippen molar-refractivity contribution in [1.82, 2.24) is 0 Å². The molecule has 0 radical (unpaired) electrons. The first-order valence-corrected chi connectivity index (χ1v) is 7.76. The van der Waals surface area contributed by atoms with Gasteiger partial charge in [0.15, 0.2) is 0 Å². The summed E-state index contributed by atoms with van der Waals surface area (Å²) in [6.07, 6.45) is 0. The van der Waals surface area contributed by atoms with Crippen LogP contribution >= 0.6 is 15.9 Å². The zero-order chi connectivity index (χ0) is 14.0. The molecule has 1 unspecified atom stereocenters. The maximum absolute atomic E-state index is 13.3. The summed E-state index contributed by atoms with van der Waals surface area (Å²) in [6, 6.07) is 9.83. The average molecular weight is 342 g/mol. The Balaban J connectivity index is 2.22. The van der Waals surface area contributed by atoms with Crippen molar-refractivity contribution in [3.8, 4) is 0 Å². The van der Waals surface area contributed by atoms with Gasteiger partial charge in [0, 0.05) is 15.1 Å². The van der Waals surface area contributed by atoms with E-state index in [-0.39, 0.29) is 11.6 Å². The first-order valence-electron chi connectivity index (χ1n) is 5.65. The second kappa shape index (κ2) is 5.84. The maximum atomic E-state index is 13.3. The van der Waals surface area contributed by atoms with E-state index < -0.39 is 10.8 Å². The van der Waals surface area contributed by atoms with E-state index in [0.717, 1.165) is 5.56 Å². The summed E-state index contributed by atoms with van der Waals surface area (Å²) in [5, 5.41) is 0. The van der Waals surface area contributed by atoms with Crippen LogP contribution in [0.1, 0.15) is 11.1 Å². The minimum atomic E-state index is -1.21. The van der Waals surface area contributed by atoms with Crippen molar-refractivity contribution in [2.24, 2.45) is 0 Å². The molecule has 19 heavy (non-hydrogen) atoms. The molecule has 2 N–H and O–H groups in total. The molecule has 0 aliphatic heterocycles. The number of rotatable bonds is 3. The summed E-state index contributed by atoms with van der Waals surface area (Å²) >= 11 is 3.22. The Hall–Kier alpha value is -1.20. The monoisotopic (exact) mass is 341 g/mol. The average Bonchev–Trinajstić information content (AvgIpc) is 2.31. The molecule has 2 rings (SSSR count). The van der Waals surface area contributed by atoms with Gasteiger partial charge in [0.25, 0.3) is 0 Å². The standard InChI is InChI=1S/C14H13BrFNOS/c1-9-4-13(2-3-14(9)17)19(18)8-10-5-11(15)7-12(16)6-10/h2-7H,8,17H2,1H3. The van der Waals surface area contributed by atoms with E-state index in [9.17, 15) is 8.60 Å².